The Morgan fingerprint density at radius 3 is 2.70 bits per heavy atom. The van der Waals surface area contributed by atoms with E-state index in [0.717, 1.165) is 18.5 Å². The number of fused-ring (bicyclic) bond motifs is 1. The Labute approximate surface area is 139 Å². The third kappa shape index (κ3) is 3.47. The summed E-state index contributed by atoms with van der Waals surface area (Å²) in [5.41, 5.74) is 1.67. The minimum Gasteiger partial charge on any atom is -0.493 e. The first kappa shape index (κ1) is 15.8. The van der Waals surface area contributed by atoms with E-state index < -0.39 is 0 Å². The fraction of sp³-hybridized carbons (Fsp3) is 0.412. The SMILES string of the molecule is COc1ccc(C(=O)Nc2nc3c(s2)CCCCC3)cc1OC. The van der Waals surface area contributed by atoms with Crippen LogP contribution in [-0.2, 0) is 12.8 Å². The smallest absolute Gasteiger partial charge is 0.257 e. The average molecular weight is 332 g/mol. The van der Waals surface area contributed by atoms with E-state index in [4.69, 9.17) is 9.47 Å². The van der Waals surface area contributed by atoms with E-state index >= 15 is 0 Å². The zero-order chi connectivity index (χ0) is 16.2. The number of carbonyl (C=O) groups excluding carboxylic acids is 1. The van der Waals surface area contributed by atoms with Crippen molar-refractivity contribution in [1.82, 2.24) is 4.98 Å². The lowest BCUT2D eigenvalue weighted by Gasteiger charge is -2.09. The predicted molar refractivity (Wildman–Crippen MR) is 90.9 cm³/mol. The molecule has 1 aliphatic rings. The Hall–Kier alpha value is -2.08. The average Bonchev–Trinajstić information content (AvgIpc) is 2.82. The van der Waals surface area contributed by atoms with E-state index in [1.165, 1.54) is 24.1 Å². The van der Waals surface area contributed by atoms with E-state index in [-0.39, 0.29) is 5.91 Å². The van der Waals surface area contributed by atoms with Gasteiger partial charge in [0.2, 0.25) is 0 Å². The highest BCUT2D eigenvalue weighted by atomic mass is 32.1. The monoisotopic (exact) mass is 332 g/mol. The van der Waals surface area contributed by atoms with Crippen molar-refractivity contribution in [1.29, 1.82) is 0 Å². The summed E-state index contributed by atoms with van der Waals surface area (Å²) in [6.07, 6.45) is 5.73. The Kier molecular flexibility index (Phi) is 4.81. The molecule has 0 spiro atoms. The lowest BCUT2D eigenvalue weighted by molar-refractivity contribution is 0.102. The molecule has 122 valence electrons. The highest BCUT2D eigenvalue weighted by molar-refractivity contribution is 7.15. The molecule has 0 atom stereocenters. The molecule has 0 unspecified atom stereocenters. The number of thiazole rings is 1. The molecule has 1 aromatic carbocycles. The van der Waals surface area contributed by atoms with Crippen molar-refractivity contribution in [3.8, 4) is 11.5 Å². The third-order valence-electron chi connectivity index (χ3n) is 3.96. The van der Waals surface area contributed by atoms with Gasteiger partial charge < -0.3 is 9.47 Å². The van der Waals surface area contributed by atoms with Gasteiger partial charge in [-0.1, -0.05) is 6.42 Å². The maximum absolute atomic E-state index is 12.4. The largest absolute Gasteiger partial charge is 0.493 e. The molecule has 3 rings (SSSR count). The number of methoxy groups -OCH3 is 2. The van der Waals surface area contributed by atoms with Gasteiger partial charge in [-0.2, -0.15) is 0 Å². The maximum Gasteiger partial charge on any atom is 0.257 e. The van der Waals surface area contributed by atoms with E-state index in [1.807, 2.05) is 0 Å². The molecule has 1 aromatic heterocycles. The zero-order valence-corrected chi connectivity index (χ0v) is 14.2. The van der Waals surface area contributed by atoms with Crippen molar-refractivity contribution >= 4 is 22.4 Å². The first-order chi connectivity index (χ1) is 11.2. The van der Waals surface area contributed by atoms with Crippen molar-refractivity contribution in [2.75, 3.05) is 19.5 Å². The quantitative estimate of drug-likeness (QED) is 0.868. The second-order valence-corrected chi connectivity index (χ2v) is 6.56. The van der Waals surface area contributed by atoms with Gasteiger partial charge in [0.1, 0.15) is 0 Å². The third-order valence-corrected chi connectivity index (χ3v) is 5.03. The summed E-state index contributed by atoms with van der Waals surface area (Å²) < 4.78 is 10.4. The summed E-state index contributed by atoms with van der Waals surface area (Å²) in [6.45, 7) is 0. The molecule has 0 bridgehead atoms. The number of anilines is 1. The number of benzene rings is 1. The van der Waals surface area contributed by atoms with E-state index in [9.17, 15) is 4.79 Å². The lowest BCUT2D eigenvalue weighted by Crippen LogP contribution is -2.12. The minimum atomic E-state index is -0.185. The van der Waals surface area contributed by atoms with Crippen molar-refractivity contribution in [2.45, 2.75) is 32.1 Å². The highest BCUT2D eigenvalue weighted by Crippen LogP contribution is 2.30. The van der Waals surface area contributed by atoms with Gasteiger partial charge in [-0.05, 0) is 43.9 Å². The summed E-state index contributed by atoms with van der Waals surface area (Å²) in [6, 6.07) is 5.12. The van der Waals surface area contributed by atoms with Crippen LogP contribution in [0.3, 0.4) is 0 Å². The van der Waals surface area contributed by atoms with Crippen LogP contribution >= 0.6 is 11.3 Å². The number of nitrogens with zero attached hydrogens (tertiary/aromatic N) is 1. The zero-order valence-electron chi connectivity index (χ0n) is 13.3. The summed E-state index contributed by atoms with van der Waals surface area (Å²) in [5.74, 6) is 0.954. The van der Waals surface area contributed by atoms with Crippen molar-refractivity contribution in [2.24, 2.45) is 0 Å². The van der Waals surface area contributed by atoms with E-state index in [2.05, 4.69) is 10.3 Å². The fourth-order valence-electron chi connectivity index (χ4n) is 2.73. The normalized spacial score (nSPS) is 13.8. The fourth-order valence-corrected chi connectivity index (χ4v) is 3.77. The Morgan fingerprint density at radius 1 is 1.13 bits per heavy atom. The highest BCUT2D eigenvalue weighted by Gasteiger charge is 2.17. The predicted octanol–water partition coefficient (Wildman–Crippen LogP) is 3.68. The van der Waals surface area contributed by atoms with Gasteiger partial charge in [-0.25, -0.2) is 4.98 Å². The van der Waals surface area contributed by atoms with E-state index in [1.54, 1.807) is 43.8 Å². The molecule has 1 N–H and O–H groups in total. The number of aromatic nitrogens is 1. The molecular weight excluding hydrogens is 312 g/mol. The van der Waals surface area contributed by atoms with Gasteiger partial charge >= 0.3 is 0 Å². The van der Waals surface area contributed by atoms with Crippen molar-refractivity contribution in [3.63, 3.8) is 0 Å². The number of ether oxygens (including phenoxy) is 2. The summed E-state index contributed by atoms with van der Waals surface area (Å²) >= 11 is 1.59. The van der Waals surface area contributed by atoms with E-state index in [0.29, 0.717) is 22.2 Å². The summed E-state index contributed by atoms with van der Waals surface area (Å²) in [4.78, 5) is 18.3. The Bertz CT molecular complexity index is 688. The van der Waals surface area contributed by atoms with Crippen LogP contribution < -0.4 is 14.8 Å². The maximum atomic E-state index is 12.4. The standard InChI is InChI=1S/C17H20N2O3S/c1-21-13-9-8-11(10-14(13)22-2)16(20)19-17-18-12-6-4-3-5-7-15(12)23-17/h8-10H,3-7H2,1-2H3,(H,18,19,20). The van der Waals surface area contributed by atoms with Gasteiger partial charge in [-0.3, -0.25) is 10.1 Å². The first-order valence-electron chi connectivity index (χ1n) is 7.73. The second-order valence-electron chi connectivity index (χ2n) is 5.47. The van der Waals surface area contributed by atoms with Crippen molar-refractivity contribution in [3.05, 3.63) is 34.3 Å². The topological polar surface area (TPSA) is 60.5 Å². The van der Waals surface area contributed by atoms with Crippen molar-refractivity contribution < 1.29 is 14.3 Å². The summed E-state index contributed by atoms with van der Waals surface area (Å²) in [7, 11) is 3.12. The number of nitrogens with one attached hydrogen (secondary N) is 1. The molecule has 0 radical (unpaired) electrons. The molecule has 6 heteroatoms. The molecule has 0 saturated carbocycles. The molecule has 0 fully saturated rings. The number of hydrogen-bond donors (Lipinski definition) is 1. The number of aryl methyl sites for hydroxylation is 2. The van der Waals surface area contributed by atoms with Gasteiger partial charge in [0.05, 0.1) is 19.9 Å². The molecule has 0 aliphatic heterocycles. The Morgan fingerprint density at radius 2 is 1.91 bits per heavy atom. The van der Waals surface area contributed by atoms with Crippen LogP contribution in [0.5, 0.6) is 11.5 Å². The van der Waals surface area contributed by atoms with Crippen LogP contribution in [0.1, 0.15) is 40.2 Å². The van der Waals surface area contributed by atoms with Gasteiger partial charge in [0, 0.05) is 10.4 Å². The Balaban J connectivity index is 1.76. The molecule has 1 aliphatic carbocycles. The second kappa shape index (κ2) is 7.00. The minimum absolute atomic E-state index is 0.185. The van der Waals surface area contributed by atoms with Crippen LogP contribution in [0, 0.1) is 0 Å². The first-order valence-corrected chi connectivity index (χ1v) is 8.55. The van der Waals surface area contributed by atoms with Gasteiger partial charge in [0.25, 0.3) is 5.91 Å². The van der Waals surface area contributed by atoms with Crippen LogP contribution in [0.4, 0.5) is 5.13 Å². The van der Waals surface area contributed by atoms with Gasteiger partial charge in [0.15, 0.2) is 16.6 Å². The molecule has 1 heterocycles. The molecule has 5 nitrogen and oxygen atoms in total. The van der Waals surface area contributed by atoms with Crippen LogP contribution in [0.25, 0.3) is 0 Å². The number of rotatable bonds is 4. The lowest BCUT2D eigenvalue weighted by atomic mass is 10.2. The number of hydrogen-bond acceptors (Lipinski definition) is 5. The molecule has 0 saturated heterocycles. The number of amides is 1. The molecule has 2 aromatic rings. The van der Waals surface area contributed by atoms with Crippen LogP contribution in [0.2, 0.25) is 0 Å². The van der Waals surface area contributed by atoms with Crippen LogP contribution in [-0.4, -0.2) is 25.1 Å². The van der Waals surface area contributed by atoms with Crippen LogP contribution in [0.15, 0.2) is 18.2 Å². The summed E-state index contributed by atoms with van der Waals surface area (Å²) in [5, 5.41) is 3.57. The van der Waals surface area contributed by atoms with Gasteiger partial charge in [-0.15, -0.1) is 11.3 Å². The molecule has 23 heavy (non-hydrogen) atoms. The number of carbonyl (C=O) groups is 1. The molecular formula is C17H20N2O3S. The molecule has 1 amide bonds.